The summed E-state index contributed by atoms with van der Waals surface area (Å²) in [5.41, 5.74) is -0.395. The molecule has 0 aliphatic rings. The van der Waals surface area contributed by atoms with E-state index >= 15 is 0 Å². The molecule has 0 heterocycles. The first kappa shape index (κ1) is 41.7. The lowest BCUT2D eigenvalue weighted by Gasteiger charge is -2.34. The van der Waals surface area contributed by atoms with Crippen molar-refractivity contribution in [2.45, 2.75) is 84.7 Å². The van der Waals surface area contributed by atoms with Crippen LogP contribution >= 0.6 is 7.60 Å². The van der Waals surface area contributed by atoms with Gasteiger partial charge in [0, 0.05) is 16.5 Å². The molecular formula is C42H49F2O8P. The minimum atomic E-state index is -4.26. The maximum atomic E-state index is 14.3. The number of hydrogen-bond donors (Lipinski definition) is 1. The molecule has 0 radical (unpaired) electrons. The number of carboxylic acid groups (broad SMARTS) is 1. The van der Waals surface area contributed by atoms with Crippen molar-refractivity contribution in [3.05, 3.63) is 143 Å². The summed E-state index contributed by atoms with van der Waals surface area (Å²) in [7, 11) is -4.26. The van der Waals surface area contributed by atoms with Gasteiger partial charge in [0.2, 0.25) is 0 Å². The Bertz CT molecular complexity index is 1770. The van der Waals surface area contributed by atoms with Gasteiger partial charge < -0.3 is 14.6 Å². The average molecular weight is 751 g/mol. The van der Waals surface area contributed by atoms with Crippen LogP contribution in [0.1, 0.15) is 79.7 Å². The summed E-state index contributed by atoms with van der Waals surface area (Å²) in [5.74, 6) is -6.26. The molecule has 8 nitrogen and oxygen atoms in total. The molecule has 0 bridgehead atoms. The number of hydrogen-bond acceptors (Lipinski definition) is 7. The number of halogens is 2. The van der Waals surface area contributed by atoms with Crippen molar-refractivity contribution in [3.8, 4) is 0 Å². The summed E-state index contributed by atoms with van der Waals surface area (Å²) in [6.45, 7) is 11.2. The van der Waals surface area contributed by atoms with Gasteiger partial charge in [-0.3, -0.25) is 18.4 Å². The van der Waals surface area contributed by atoms with E-state index in [1.807, 2.05) is 60.7 Å². The fourth-order valence-corrected chi connectivity index (χ4v) is 7.91. The molecule has 0 spiro atoms. The number of ether oxygens (including phenoxy) is 2. The summed E-state index contributed by atoms with van der Waals surface area (Å²) in [4.78, 5) is 24.9. The topological polar surface area (TPSA) is 108 Å². The van der Waals surface area contributed by atoms with Crippen LogP contribution in [0.2, 0.25) is 0 Å². The zero-order valence-corrected chi connectivity index (χ0v) is 32.0. The maximum Gasteiger partial charge on any atom is 0.402 e. The van der Waals surface area contributed by atoms with Crippen LogP contribution in [0.15, 0.2) is 109 Å². The predicted octanol–water partition coefficient (Wildman–Crippen LogP) is 10.0. The molecule has 0 unspecified atom stereocenters. The minimum Gasteiger partial charge on any atom is -0.477 e. The Labute approximate surface area is 311 Å². The number of rotatable bonds is 18. The minimum absolute atomic E-state index is 0.159. The lowest BCUT2D eigenvalue weighted by molar-refractivity contribution is -0.166. The number of carboxylic acids is 1. The molecule has 284 valence electrons. The molecule has 4 aromatic carbocycles. The van der Waals surface area contributed by atoms with Crippen molar-refractivity contribution in [1.29, 1.82) is 0 Å². The number of aliphatic carboxylic acids is 1. The lowest BCUT2D eigenvalue weighted by atomic mass is 9.77. The van der Waals surface area contributed by atoms with Gasteiger partial charge in [-0.1, -0.05) is 109 Å². The number of carbonyl (C=O) groups is 2. The van der Waals surface area contributed by atoms with E-state index in [4.69, 9.17) is 23.6 Å². The summed E-state index contributed by atoms with van der Waals surface area (Å²) in [6.07, 6.45) is 0.705. The number of carbonyl (C=O) groups excluding carboxylic acids is 1. The van der Waals surface area contributed by atoms with E-state index in [2.05, 4.69) is 0 Å². The molecule has 0 amide bonds. The third kappa shape index (κ3) is 12.5. The standard InChI is InChI=1S/C42H49F2O8P/c1-39(2,3)51-53(48,52-40(4,5)6)37(45)35-21-17-31(18-22-35)25-41(29-49-27-33-13-9-7-10-14-33,30-50-28-34-15-11-8-12-16-34)26-32-19-23-36(24-20-32)42(43,44)38(46)47/h7-24H,25-30H2,1-6H3,(H,46,47). The maximum absolute atomic E-state index is 14.3. The second-order valence-electron chi connectivity index (χ2n) is 15.3. The highest BCUT2D eigenvalue weighted by atomic mass is 31.2. The highest BCUT2D eigenvalue weighted by Gasteiger charge is 2.43. The Morgan fingerprint density at radius 1 is 0.604 bits per heavy atom. The van der Waals surface area contributed by atoms with Crippen molar-refractivity contribution in [3.63, 3.8) is 0 Å². The first-order valence-corrected chi connectivity index (χ1v) is 18.9. The zero-order valence-electron chi connectivity index (χ0n) is 31.1. The molecule has 0 aliphatic carbocycles. The Kier molecular flexibility index (Phi) is 13.7. The van der Waals surface area contributed by atoms with Gasteiger partial charge >= 0.3 is 19.5 Å². The number of alkyl halides is 2. The highest BCUT2D eigenvalue weighted by molar-refractivity contribution is 7.72. The van der Waals surface area contributed by atoms with Gasteiger partial charge in [-0.15, -0.1) is 0 Å². The van der Waals surface area contributed by atoms with Gasteiger partial charge in [0.15, 0.2) is 0 Å². The molecule has 0 fully saturated rings. The second-order valence-corrected chi connectivity index (χ2v) is 17.1. The van der Waals surface area contributed by atoms with Gasteiger partial charge in [-0.05, 0) is 76.6 Å². The second kappa shape index (κ2) is 17.4. The summed E-state index contributed by atoms with van der Waals surface area (Å²) in [5, 5.41) is 9.06. The van der Waals surface area contributed by atoms with Crippen molar-refractivity contribution in [2.75, 3.05) is 13.2 Å². The largest absolute Gasteiger partial charge is 0.477 e. The first-order valence-electron chi connectivity index (χ1n) is 17.4. The van der Waals surface area contributed by atoms with Crippen LogP contribution in [-0.4, -0.2) is 41.0 Å². The van der Waals surface area contributed by atoms with Gasteiger partial charge in [-0.2, -0.15) is 8.78 Å². The highest BCUT2D eigenvalue weighted by Crippen LogP contribution is 2.56. The van der Waals surface area contributed by atoms with Crippen LogP contribution in [-0.2, 0) is 59.9 Å². The molecule has 0 atom stereocenters. The van der Waals surface area contributed by atoms with E-state index in [9.17, 15) is 22.9 Å². The van der Waals surface area contributed by atoms with Crippen LogP contribution in [0.25, 0.3) is 0 Å². The molecule has 4 aromatic rings. The monoisotopic (exact) mass is 750 g/mol. The van der Waals surface area contributed by atoms with E-state index in [-0.39, 0.29) is 18.8 Å². The fraction of sp³-hybridized carbons (Fsp3) is 0.381. The molecule has 0 aliphatic heterocycles. The molecule has 53 heavy (non-hydrogen) atoms. The average Bonchev–Trinajstić information content (AvgIpc) is 3.08. The van der Waals surface area contributed by atoms with E-state index in [1.165, 1.54) is 12.1 Å². The van der Waals surface area contributed by atoms with Crippen molar-refractivity contribution in [2.24, 2.45) is 5.41 Å². The molecular weight excluding hydrogens is 701 g/mol. The van der Waals surface area contributed by atoms with Crippen LogP contribution in [0, 0.1) is 5.41 Å². The summed E-state index contributed by atoms with van der Waals surface area (Å²) in [6, 6.07) is 31.3. The normalized spacial score (nSPS) is 12.8. The van der Waals surface area contributed by atoms with Gasteiger partial charge in [0.05, 0.1) is 37.6 Å². The molecule has 11 heteroatoms. The van der Waals surface area contributed by atoms with Gasteiger partial charge in [-0.25, -0.2) is 4.79 Å². The summed E-state index contributed by atoms with van der Waals surface area (Å²) < 4.78 is 66.8. The smallest absolute Gasteiger partial charge is 0.402 e. The lowest BCUT2D eigenvalue weighted by Crippen LogP contribution is -2.37. The Morgan fingerprint density at radius 3 is 1.38 bits per heavy atom. The van der Waals surface area contributed by atoms with E-state index < -0.39 is 47.2 Å². The van der Waals surface area contributed by atoms with Gasteiger partial charge in [0.1, 0.15) is 0 Å². The van der Waals surface area contributed by atoms with E-state index in [1.54, 1.807) is 65.8 Å². The van der Waals surface area contributed by atoms with Crippen LogP contribution < -0.4 is 0 Å². The van der Waals surface area contributed by atoms with E-state index in [0.29, 0.717) is 31.6 Å². The zero-order chi connectivity index (χ0) is 38.9. The van der Waals surface area contributed by atoms with Crippen molar-refractivity contribution >= 4 is 19.1 Å². The van der Waals surface area contributed by atoms with Crippen LogP contribution in [0.5, 0.6) is 0 Å². The Balaban J connectivity index is 1.69. The molecule has 1 N–H and O–H groups in total. The Morgan fingerprint density at radius 2 is 1.00 bits per heavy atom. The quantitative estimate of drug-likeness (QED) is 0.100. The SMILES string of the molecule is CC(C)(C)OP(=O)(OC(C)(C)C)C(=O)c1ccc(CC(COCc2ccccc2)(COCc2ccccc2)Cc2ccc(C(F)(F)C(=O)O)cc2)cc1. The molecule has 4 rings (SSSR count). The Hall–Kier alpha value is -4.05. The van der Waals surface area contributed by atoms with Crippen molar-refractivity contribution < 1.29 is 46.6 Å². The third-order valence-corrected chi connectivity index (χ3v) is 10.4. The molecule has 0 saturated carbocycles. The van der Waals surface area contributed by atoms with Crippen LogP contribution in [0.4, 0.5) is 8.78 Å². The molecule has 0 aromatic heterocycles. The fourth-order valence-electron chi connectivity index (χ4n) is 5.79. The number of benzene rings is 4. The van der Waals surface area contributed by atoms with Crippen molar-refractivity contribution in [1.82, 2.24) is 0 Å². The van der Waals surface area contributed by atoms with Crippen LogP contribution in [0.3, 0.4) is 0 Å². The first-order chi connectivity index (χ1) is 24.8. The summed E-state index contributed by atoms with van der Waals surface area (Å²) >= 11 is 0. The molecule has 0 saturated heterocycles. The van der Waals surface area contributed by atoms with Gasteiger partial charge in [0.25, 0.3) is 5.52 Å². The third-order valence-electron chi connectivity index (χ3n) is 8.02. The predicted molar refractivity (Wildman–Crippen MR) is 200 cm³/mol. The van der Waals surface area contributed by atoms with E-state index in [0.717, 1.165) is 28.8 Å².